The van der Waals surface area contributed by atoms with Crippen LogP contribution in [0.4, 0.5) is 0 Å². The summed E-state index contributed by atoms with van der Waals surface area (Å²) >= 11 is 0. The molecule has 26 heavy (non-hydrogen) atoms. The third-order valence-corrected chi connectivity index (χ3v) is 5.70. The smallest absolute Gasteiger partial charge is 0.255 e. The number of hydrogen-bond donors (Lipinski definition) is 0. The third kappa shape index (κ3) is 4.27. The number of methoxy groups -OCH3 is 1. The zero-order valence-corrected chi connectivity index (χ0v) is 16.4. The van der Waals surface area contributed by atoms with Crippen LogP contribution in [0.25, 0.3) is 0 Å². The molecule has 5 nitrogen and oxygen atoms in total. The van der Waals surface area contributed by atoms with Crippen molar-refractivity contribution in [2.45, 2.75) is 44.8 Å². The van der Waals surface area contributed by atoms with Crippen LogP contribution < -0.4 is 0 Å². The molecule has 2 saturated heterocycles. The summed E-state index contributed by atoms with van der Waals surface area (Å²) in [5, 5.41) is 0. The van der Waals surface area contributed by atoms with Crippen LogP contribution >= 0.6 is 0 Å². The molecule has 2 fully saturated rings. The minimum atomic E-state index is -0.607. The first kappa shape index (κ1) is 19.3. The van der Waals surface area contributed by atoms with Gasteiger partial charge in [-0.25, -0.2) is 0 Å². The average Bonchev–Trinajstić information content (AvgIpc) is 2.65. The number of amides is 1. The Labute approximate surface area is 157 Å². The van der Waals surface area contributed by atoms with Gasteiger partial charge in [0, 0.05) is 39.8 Å². The van der Waals surface area contributed by atoms with Gasteiger partial charge in [-0.2, -0.15) is 0 Å². The van der Waals surface area contributed by atoms with E-state index in [0.29, 0.717) is 32.2 Å². The number of carbonyl (C=O) groups is 1. The van der Waals surface area contributed by atoms with E-state index in [4.69, 9.17) is 9.47 Å². The number of nitrogens with zero attached hydrogens (tertiary/aromatic N) is 2. The van der Waals surface area contributed by atoms with E-state index in [0.717, 1.165) is 32.5 Å². The maximum Gasteiger partial charge on any atom is 0.255 e. The van der Waals surface area contributed by atoms with Gasteiger partial charge in [0.15, 0.2) is 0 Å². The van der Waals surface area contributed by atoms with E-state index >= 15 is 0 Å². The molecule has 1 spiro atoms. The number of morpholine rings is 1. The number of benzene rings is 1. The maximum atomic E-state index is 12.9. The van der Waals surface area contributed by atoms with E-state index in [9.17, 15) is 4.79 Å². The second-order valence-corrected chi connectivity index (χ2v) is 7.80. The van der Waals surface area contributed by atoms with Crippen molar-refractivity contribution in [2.24, 2.45) is 0 Å². The zero-order valence-electron chi connectivity index (χ0n) is 16.4. The highest BCUT2D eigenvalue weighted by Gasteiger charge is 2.46. The van der Waals surface area contributed by atoms with Gasteiger partial charge < -0.3 is 14.4 Å². The maximum absolute atomic E-state index is 12.9. The molecule has 2 aliphatic rings. The number of hydrogen-bond acceptors (Lipinski definition) is 4. The molecule has 0 unspecified atom stereocenters. The van der Waals surface area contributed by atoms with Gasteiger partial charge in [-0.05, 0) is 29.9 Å². The van der Waals surface area contributed by atoms with Crippen molar-refractivity contribution in [2.75, 3.05) is 46.5 Å². The number of ether oxygens (including phenoxy) is 2. The van der Waals surface area contributed by atoms with Crippen molar-refractivity contribution in [1.82, 2.24) is 9.80 Å². The minimum Gasteiger partial charge on any atom is -0.383 e. The first-order valence-corrected chi connectivity index (χ1v) is 9.77. The van der Waals surface area contributed by atoms with Crippen molar-refractivity contribution in [3.63, 3.8) is 0 Å². The van der Waals surface area contributed by atoms with Gasteiger partial charge in [0.2, 0.25) is 0 Å². The molecule has 0 atom stereocenters. The first-order valence-electron chi connectivity index (χ1n) is 9.77. The summed E-state index contributed by atoms with van der Waals surface area (Å²) < 4.78 is 11.1. The van der Waals surface area contributed by atoms with Crippen molar-refractivity contribution >= 4 is 5.91 Å². The lowest BCUT2D eigenvalue weighted by Gasteiger charge is -2.46. The average molecular weight is 360 g/mol. The summed E-state index contributed by atoms with van der Waals surface area (Å²) in [6, 6.07) is 8.92. The predicted molar refractivity (Wildman–Crippen MR) is 102 cm³/mol. The Balaban J connectivity index is 1.55. The fraction of sp³-hybridized carbons (Fsp3) is 0.667. The molecular formula is C21H32N2O3. The fourth-order valence-corrected chi connectivity index (χ4v) is 3.91. The van der Waals surface area contributed by atoms with Crippen LogP contribution in [0.3, 0.4) is 0 Å². The van der Waals surface area contributed by atoms with E-state index in [1.54, 1.807) is 7.11 Å². The molecule has 3 rings (SSSR count). The van der Waals surface area contributed by atoms with Crippen LogP contribution in [-0.2, 0) is 20.8 Å². The predicted octanol–water partition coefficient (Wildman–Crippen LogP) is 2.65. The molecule has 1 aromatic carbocycles. The van der Waals surface area contributed by atoms with E-state index in [-0.39, 0.29) is 5.91 Å². The standard InChI is InChI=1S/C21H32N2O3/c1-17(2)19-6-4-18(5-7-19)16-22-10-8-21(9-11-22)20(24)23(12-14-25-3)13-15-26-21/h4-7,17H,8-16H2,1-3H3. The van der Waals surface area contributed by atoms with Crippen molar-refractivity contribution < 1.29 is 14.3 Å². The van der Waals surface area contributed by atoms with Crippen LogP contribution in [0.5, 0.6) is 0 Å². The Kier molecular flexibility index (Phi) is 6.33. The van der Waals surface area contributed by atoms with E-state index in [2.05, 4.69) is 43.0 Å². The quantitative estimate of drug-likeness (QED) is 0.782. The SMILES string of the molecule is COCCN1CCOC2(CCN(Cc3ccc(C(C)C)cc3)CC2)C1=O. The van der Waals surface area contributed by atoms with Crippen LogP contribution in [0.2, 0.25) is 0 Å². The molecule has 0 bridgehead atoms. The summed E-state index contributed by atoms with van der Waals surface area (Å²) in [5.41, 5.74) is 2.11. The van der Waals surface area contributed by atoms with Gasteiger partial charge in [-0.3, -0.25) is 9.69 Å². The molecule has 5 heteroatoms. The molecular weight excluding hydrogens is 328 g/mol. The summed E-state index contributed by atoms with van der Waals surface area (Å²) in [7, 11) is 1.67. The van der Waals surface area contributed by atoms with Gasteiger partial charge >= 0.3 is 0 Å². The summed E-state index contributed by atoms with van der Waals surface area (Å²) in [5.74, 6) is 0.719. The molecule has 0 aromatic heterocycles. The van der Waals surface area contributed by atoms with Crippen molar-refractivity contribution in [3.8, 4) is 0 Å². The highest BCUT2D eigenvalue weighted by molar-refractivity contribution is 5.86. The number of carbonyl (C=O) groups excluding carboxylic acids is 1. The summed E-state index contributed by atoms with van der Waals surface area (Å²) in [6.45, 7) is 9.72. The highest BCUT2D eigenvalue weighted by Crippen LogP contribution is 2.32. The molecule has 0 N–H and O–H groups in total. The van der Waals surface area contributed by atoms with Crippen LogP contribution in [0.15, 0.2) is 24.3 Å². The summed E-state index contributed by atoms with van der Waals surface area (Å²) in [6.07, 6.45) is 1.55. The van der Waals surface area contributed by atoms with E-state index < -0.39 is 5.60 Å². The van der Waals surface area contributed by atoms with Crippen molar-refractivity contribution in [1.29, 1.82) is 0 Å². The lowest BCUT2D eigenvalue weighted by molar-refractivity contribution is -0.180. The van der Waals surface area contributed by atoms with Crippen LogP contribution in [0, 0.1) is 0 Å². The second-order valence-electron chi connectivity index (χ2n) is 7.80. The molecule has 2 aliphatic heterocycles. The lowest BCUT2D eigenvalue weighted by atomic mass is 9.88. The Hall–Kier alpha value is -1.43. The Morgan fingerprint density at radius 2 is 1.85 bits per heavy atom. The van der Waals surface area contributed by atoms with Crippen LogP contribution in [-0.4, -0.2) is 67.8 Å². The molecule has 2 heterocycles. The number of piperidine rings is 1. The molecule has 0 radical (unpaired) electrons. The minimum absolute atomic E-state index is 0.154. The Bertz CT molecular complexity index is 592. The first-order chi connectivity index (χ1) is 12.5. The normalized spacial score (nSPS) is 20.9. The number of likely N-dealkylation sites (tertiary alicyclic amines) is 1. The highest BCUT2D eigenvalue weighted by atomic mass is 16.5. The van der Waals surface area contributed by atoms with Crippen molar-refractivity contribution in [3.05, 3.63) is 35.4 Å². The second kappa shape index (κ2) is 8.51. The van der Waals surface area contributed by atoms with Gasteiger partial charge in [0.05, 0.1) is 13.2 Å². The zero-order chi connectivity index (χ0) is 18.6. The molecule has 0 aliphatic carbocycles. The third-order valence-electron chi connectivity index (χ3n) is 5.70. The molecule has 144 valence electrons. The lowest BCUT2D eigenvalue weighted by Crippen LogP contribution is -2.61. The topological polar surface area (TPSA) is 42.0 Å². The fourth-order valence-electron chi connectivity index (χ4n) is 3.91. The number of rotatable bonds is 6. The monoisotopic (exact) mass is 360 g/mol. The van der Waals surface area contributed by atoms with Gasteiger partial charge in [0.25, 0.3) is 5.91 Å². The Morgan fingerprint density at radius 1 is 1.15 bits per heavy atom. The van der Waals surface area contributed by atoms with E-state index in [1.165, 1.54) is 11.1 Å². The van der Waals surface area contributed by atoms with Gasteiger partial charge in [0.1, 0.15) is 5.60 Å². The molecule has 1 amide bonds. The van der Waals surface area contributed by atoms with E-state index in [1.807, 2.05) is 4.90 Å². The van der Waals surface area contributed by atoms with Gasteiger partial charge in [-0.1, -0.05) is 38.1 Å². The summed E-state index contributed by atoms with van der Waals surface area (Å²) in [4.78, 5) is 17.2. The molecule has 1 aromatic rings. The van der Waals surface area contributed by atoms with Crippen LogP contribution in [0.1, 0.15) is 43.7 Å². The molecule has 0 saturated carbocycles. The van der Waals surface area contributed by atoms with Gasteiger partial charge in [-0.15, -0.1) is 0 Å². The largest absolute Gasteiger partial charge is 0.383 e. The Morgan fingerprint density at radius 3 is 2.46 bits per heavy atom.